The standard InChI is InChI=1S/C20H14/c1-13-7-17-11-19-9-15-5-3-4-6-16(15)10-20(19)12-18(17)8-14(13)2/h3-12H,1-2H2. The summed E-state index contributed by atoms with van der Waals surface area (Å²) in [7, 11) is 0. The average Bonchev–Trinajstić information content (AvgIpc) is 2.44. The second-order valence-electron chi connectivity index (χ2n) is 5.37. The van der Waals surface area contributed by atoms with E-state index in [1.807, 2.05) is 0 Å². The van der Waals surface area contributed by atoms with Crippen molar-refractivity contribution in [3.63, 3.8) is 0 Å². The maximum absolute atomic E-state index is 4.04. The maximum Gasteiger partial charge on any atom is -0.0171 e. The second kappa shape index (κ2) is 3.94. The van der Waals surface area contributed by atoms with Crippen LogP contribution in [0.1, 0.15) is 0 Å². The molecule has 0 atom stereocenters. The number of hydrogen-bond acceptors (Lipinski definition) is 0. The van der Waals surface area contributed by atoms with Crippen LogP contribution in [0.4, 0.5) is 0 Å². The van der Waals surface area contributed by atoms with Gasteiger partial charge in [0.15, 0.2) is 0 Å². The Hall–Kier alpha value is -2.60. The summed E-state index contributed by atoms with van der Waals surface area (Å²) < 4.78 is 0. The van der Waals surface area contributed by atoms with E-state index in [4.69, 9.17) is 0 Å². The Morgan fingerprint density at radius 2 is 0.800 bits per heavy atom. The van der Waals surface area contributed by atoms with Gasteiger partial charge in [0, 0.05) is 0 Å². The number of hydrogen-bond donors (Lipinski definition) is 0. The lowest BCUT2D eigenvalue weighted by atomic mass is 9.99. The molecule has 20 heavy (non-hydrogen) atoms. The maximum atomic E-state index is 4.04. The molecule has 0 aliphatic carbocycles. The third-order valence-electron chi connectivity index (χ3n) is 3.98. The molecule has 0 heteroatoms. The highest BCUT2D eigenvalue weighted by Gasteiger charge is 2.01. The van der Waals surface area contributed by atoms with Crippen molar-refractivity contribution in [2.24, 2.45) is 0 Å². The van der Waals surface area contributed by atoms with E-state index in [9.17, 15) is 0 Å². The van der Waals surface area contributed by atoms with Crippen LogP contribution in [0.5, 0.6) is 0 Å². The fourth-order valence-corrected chi connectivity index (χ4v) is 2.84. The SMILES string of the molecule is C=c1cc2cc3cc4ccccc4cc3cc2cc1=C. The molecule has 0 aromatic heterocycles. The highest BCUT2D eigenvalue weighted by atomic mass is 14.0. The molecule has 0 spiro atoms. The Labute approximate surface area is 117 Å². The lowest BCUT2D eigenvalue weighted by Crippen LogP contribution is -2.20. The quantitative estimate of drug-likeness (QED) is 0.417. The Balaban J connectivity index is 2.20. The van der Waals surface area contributed by atoms with Crippen LogP contribution < -0.4 is 10.4 Å². The summed E-state index contributed by atoms with van der Waals surface area (Å²) in [5.41, 5.74) is 0. The molecule has 0 amide bonds. The fraction of sp³-hybridized carbons (Fsp3) is 0. The van der Waals surface area contributed by atoms with Gasteiger partial charge in [0.2, 0.25) is 0 Å². The Morgan fingerprint density at radius 3 is 1.25 bits per heavy atom. The molecule has 0 N–H and O–H groups in total. The van der Waals surface area contributed by atoms with Gasteiger partial charge in [0.25, 0.3) is 0 Å². The summed E-state index contributed by atoms with van der Waals surface area (Å²) >= 11 is 0. The van der Waals surface area contributed by atoms with E-state index in [0.717, 1.165) is 10.4 Å². The Morgan fingerprint density at radius 1 is 0.450 bits per heavy atom. The van der Waals surface area contributed by atoms with Crippen LogP contribution in [-0.2, 0) is 0 Å². The molecule has 94 valence electrons. The predicted octanol–water partition coefficient (Wildman–Crippen LogP) is 3.97. The molecule has 0 aliphatic rings. The minimum Gasteiger partial charge on any atom is -0.0912 e. The first-order valence-corrected chi connectivity index (χ1v) is 6.75. The lowest BCUT2D eigenvalue weighted by molar-refractivity contribution is 1.61. The summed E-state index contributed by atoms with van der Waals surface area (Å²) in [5, 5.41) is 9.55. The van der Waals surface area contributed by atoms with Crippen LogP contribution >= 0.6 is 0 Å². The monoisotopic (exact) mass is 254 g/mol. The lowest BCUT2D eigenvalue weighted by Gasteiger charge is -2.05. The highest BCUT2D eigenvalue weighted by molar-refractivity contribution is 6.04. The first-order chi connectivity index (χ1) is 9.70. The van der Waals surface area contributed by atoms with Gasteiger partial charge in [-0.15, -0.1) is 0 Å². The van der Waals surface area contributed by atoms with Crippen LogP contribution in [0.2, 0.25) is 0 Å². The van der Waals surface area contributed by atoms with E-state index < -0.39 is 0 Å². The van der Waals surface area contributed by atoms with Gasteiger partial charge in [-0.1, -0.05) is 37.4 Å². The molecule has 0 aliphatic heterocycles. The normalized spacial score (nSPS) is 11.4. The summed E-state index contributed by atoms with van der Waals surface area (Å²) in [6.07, 6.45) is 0. The third-order valence-corrected chi connectivity index (χ3v) is 3.98. The zero-order valence-electron chi connectivity index (χ0n) is 11.2. The van der Waals surface area contributed by atoms with E-state index in [-0.39, 0.29) is 0 Å². The molecule has 0 saturated heterocycles. The van der Waals surface area contributed by atoms with Crippen molar-refractivity contribution in [2.75, 3.05) is 0 Å². The van der Waals surface area contributed by atoms with Gasteiger partial charge in [0.05, 0.1) is 0 Å². The fourth-order valence-electron chi connectivity index (χ4n) is 2.84. The molecule has 0 nitrogen and oxygen atoms in total. The van der Waals surface area contributed by atoms with Crippen molar-refractivity contribution in [1.82, 2.24) is 0 Å². The number of fused-ring (bicyclic) bond motifs is 3. The van der Waals surface area contributed by atoms with Crippen molar-refractivity contribution in [3.8, 4) is 0 Å². The molecule has 0 unspecified atom stereocenters. The van der Waals surface area contributed by atoms with Crippen LogP contribution in [0.3, 0.4) is 0 Å². The summed E-state index contributed by atoms with van der Waals surface area (Å²) in [4.78, 5) is 0. The van der Waals surface area contributed by atoms with Crippen molar-refractivity contribution < 1.29 is 0 Å². The Kier molecular flexibility index (Phi) is 2.22. The van der Waals surface area contributed by atoms with Gasteiger partial charge in [-0.2, -0.15) is 0 Å². The van der Waals surface area contributed by atoms with Crippen LogP contribution in [-0.4, -0.2) is 0 Å². The summed E-state index contributed by atoms with van der Waals surface area (Å²) in [5.74, 6) is 0. The van der Waals surface area contributed by atoms with Crippen molar-refractivity contribution in [3.05, 3.63) is 71.1 Å². The van der Waals surface area contributed by atoms with Gasteiger partial charge in [0.1, 0.15) is 0 Å². The first kappa shape index (κ1) is 11.2. The number of rotatable bonds is 0. The topological polar surface area (TPSA) is 0 Å². The molecule has 0 radical (unpaired) electrons. The number of benzene rings is 4. The molecule has 0 saturated carbocycles. The second-order valence-corrected chi connectivity index (χ2v) is 5.37. The molecular weight excluding hydrogens is 240 g/mol. The van der Waals surface area contributed by atoms with Gasteiger partial charge in [-0.05, 0) is 79.2 Å². The molecular formula is C20H14. The summed E-state index contributed by atoms with van der Waals surface area (Å²) in [6, 6.07) is 21.7. The minimum absolute atomic E-state index is 0.998. The first-order valence-electron chi connectivity index (χ1n) is 6.75. The van der Waals surface area contributed by atoms with E-state index in [1.54, 1.807) is 0 Å². The molecule has 0 heterocycles. The van der Waals surface area contributed by atoms with Gasteiger partial charge < -0.3 is 0 Å². The van der Waals surface area contributed by atoms with Crippen LogP contribution in [0.25, 0.3) is 45.5 Å². The zero-order chi connectivity index (χ0) is 13.7. The van der Waals surface area contributed by atoms with E-state index in [2.05, 4.69) is 73.8 Å². The highest BCUT2D eigenvalue weighted by Crippen LogP contribution is 2.26. The van der Waals surface area contributed by atoms with Crippen molar-refractivity contribution >= 4 is 45.5 Å². The Bertz CT molecular complexity index is 984. The third kappa shape index (κ3) is 1.62. The van der Waals surface area contributed by atoms with E-state index in [0.29, 0.717) is 0 Å². The van der Waals surface area contributed by atoms with Gasteiger partial charge in [-0.3, -0.25) is 0 Å². The van der Waals surface area contributed by atoms with Gasteiger partial charge in [-0.25, -0.2) is 0 Å². The van der Waals surface area contributed by atoms with Crippen molar-refractivity contribution in [1.29, 1.82) is 0 Å². The molecule has 4 aromatic carbocycles. The smallest absolute Gasteiger partial charge is 0.0171 e. The van der Waals surface area contributed by atoms with E-state index in [1.165, 1.54) is 32.3 Å². The molecule has 4 aromatic rings. The molecule has 4 rings (SSSR count). The molecule has 0 bridgehead atoms. The van der Waals surface area contributed by atoms with Crippen molar-refractivity contribution in [2.45, 2.75) is 0 Å². The zero-order valence-corrected chi connectivity index (χ0v) is 11.2. The predicted molar refractivity (Wildman–Crippen MR) is 89.3 cm³/mol. The largest absolute Gasteiger partial charge is 0.0912 e. The van der Waals surface area contributed by atoms with Crippen LogP contribution in [0, 0.1) is 0 Å². The van der Waals surface area contributed by atoms with Crippen LogP contribution in [0.15, 0.2) is 60.7 Å². The van der Waals surface area contributed by atoms with Gasteiger partial charge >= 0.3 is 0 Å². The summed E-state index contributed by atoms with van der Waals surface area (Å²) in [6.45, 7) is 8.08. The molecule has 0 fully saturated rings. The van der Waals surface area contributed by atoms with E-state index >= 15 is 0 Å². The average molecular weight is 254 g/mol. The minimum atomic E-state index is 0.998.